The maximum Gasteiger partial charge on any atom is 0.203 e. The molecule has 0 saturated carbocycles. The fourth-order valence-corrected chi connectivity index (χ4v) is 2.16. The van der Waals surface area contributed by atoms with Gasteiger partial charge in [0.15, 0.2) is 11.5 Å². The summed E-state index contributed by atoms with van der Waals surface area (Å²) in [5.74, 6) is 1.53. The Balaban J connectivity index is 3.54. The Morgan fingerprint density at radius 2 is 1.53 bits per heavy atom. The predicted octanol–water partition coefficient (Wildman–Crippen LogP) is 2.76. The van der Waals surface area contributed by atoms with Gasteiger partial charge >= 0.3 is 0 Å². The molecule has 0 bridgehead atoms. The number of benzene rings is 1. The minimum atomic E-state index is -0.297. The molecule has 1 rings (SSSR count). The van der Waals surface area contributed by atoms with Crippen molar-refractivity contribution in [2.75, 3.05) is 28.4 Å². The molecule has 1 aromatic carbocycles. The average Bonchev–Trinajstić information content (AvgIpc) is 2.39. The summed E-state index contributed by atoms with van der Waals surface area (Å²) in [7, 11) is 6.15. The maximum absolute atomic E-state index is 10.2. The summed E-state index contributed by atoms with van der Waals surface area (Å²) >= 11 is 0. The third-order valence-corrected chi connectivity index (χ3v) is 2.99. The molecule has 5 nitrogen and oxygen atoms in total. The molecule has 0 fully saturated rings. The SMILES string of the molecule is COc1cc(O)c(C(OC)C(C)C)c(OC)c1OC. The fraction of sp³-hybridized carbons (Fsp3) is 0.571. The van der Waals surface area contributed by atoms with E-state index in [9.17, 15) is 5.11 Å². The van der Waals surface area contributed by atoms with Gasteiger partial charge in [0, 0.05) is 13.2 Å². The molecule has 1 atom stereocenters. The monoisotopic (exact) mass is 270 g/mol. The number of aromatic hydroxyl groups is 1. The minimum absolute atomic E-state index is 0.0649. The van der Waals surface area contributed by atoms with Crippen LogP contribution in [0.3, 0.4) is 0 Å². The second kappa shape index (κ2) is 6.52. The number of rotatable bonds is 6. The zero-order valence-electron chi connectivity index (χ0n) is 12.3. The van der Waals surface area contributed by atoms with Crippen molar-refractivity contribution < 1.29 is 24.1 Å². The van der Waals surface area contributed by atoms with Crippen LogP contribution in [0.4, 0.5) is 0 Å². The van der Waals surface area contributed by atoms with Gasteiger partial charge in [0.05, 0.1) is 33.0 Å². The van der Waals surface area contributed by atoms with Gasteiger partial charge in [-0.1, -0.05) is 13.8 Å². The lowest BCUT2D eigenvalue weighted by Gasteiger charge is -2.25. The molecule has 0 aliphatic carbocycles. The first-order valence-electron chi connectivity index (χ1n) is 6.06. The van der Waals surface area contributed by atoms with Crippen LogP contribution in [0.2, 0.25) is 0 Å². The van der Waals surface area contributed by atoms with E-state index in [1.54, 1.807) is 7.11 Å². The molecule has 1 N–H and O–H groups in total. The molecule has 0 aliphatic rings. The van der Waals surface area contributed by atoms with E-state index in [4.69, 9.17) is 18.9 Å². The Morgan fingerprint density at radius 1 is 0.947 bits per heavy atom. The highest BCUT2D eigenvalue weighted by Gasteiger charge is 2.28. The first-order chi connectivity index (χ1) is 9.01. The Bertz CT molecular complexity index is 428. The minimum Gasteiger partial charge on any atom is -0.507 e. The lowest BCUT2D eigenvalue weighted by molar-refractivity contribution is 0.0600. The van der Waals surface area contributed by atoms with Gasteiger partial charge in [-0.05, 0) is 5.92 Å². The lowest BCUT2D eigenvalue weighted by Crippen LogP contribution is -2.11. The van der Waals surface area contributed by atoms with Crippen LogP contribution in [0.5, 0.6) is 23.0 Å². The molecule has 5 heteroatoms. The van der Waals surface area contributed by atoms with E-state index >= 15 is 0 Å². The second-order valence-electron chi connectivity index (χ2n) is 4.48. The highest BCUT2D eigenvalue weighted by molar-refractivity contribution is 5.62. The highest BCUT2D eigenvalue weighted by Crippen LogP contribution is 2.49. The fourth-order valence-electron chi connectivity index (χ4n) is 2.16. The number of hydrogen-bond acceptors (Lipinski definition) is 5. The highest BCUT2D eigenvalue weighted by atomic mass is 16.5. The number of methoxy groups -OCH3 is 4. The van der Waals surface area contributed by atoms with E-state index in [-0.39, 0.29) is 17.8 Å². The first kappa shape index (κ1) is 15.4. The quantitative estimate of drug-likeness (QED) is 0.861. The molecule has 19 heavy (non-hydrogen) atoms. The zero-order chi connectivity index (χ0) is 14.6. The average molecular weight is 270 g/mol. The largest absolute Gasteiger partial charge is 0.507 e. The summed E-state index contributed by atoms with van der Waals surface area (Å²) in [6.07, 6.45) is -0.297. The van der Waals surface area contributed by atoms with E-state index < -0.39 is 0 Å². The Labute approximate surface area is 114 Å². The van der Waals surface area contributed by atoms with Gasteiger partial charge < -0.3 is 24.1 Å². The van der Waals surface area contributed by atoms with Crippen molar-refractivity contribution in [3.63, 3.8) is 0 Å². The smallest absolute Gasteiger partial charge is 0.203 e. The summed E-state index contributed by atoms with van der Waals surface area (Å²) in [6, 6.07) is 1.51. The van der Waals surface area contributed by atoms with Crippen LogP contribution in [0.15, 0.2) is 6.07 Å². The molecule has 0 radical (unpaired) electrons. The molecule has 0 aliphatic heterocycles. The summed E-state index contributed by atoms with van der Waals surface area (Å²) in [5.41, 5.74) is 0.567. The van der Waals surface area contributed by atoms with Crippen LogP contribution >= 0.6 is 0 Å². The van der Waals surface area contributed by atoms with Gasteiger partial charge in [0.1, 0.15) is 5.75 Å². The van der Waals surface area contributed by atoms with E-state index in [0.717, 1.165) is 0 Å². The standard InChI is InChI=1S/C14H22O5/c1-8(2)12(17-4)11-9(15)7-10(16-3)13(18-5)14(11)19-6/h7-8,12,15H,1-6H3. The molecular formula is C14H22O5. The second-order valence-corrected chi connectivity index (χ2v) is 4.48. The third kappa shape index (κ3) is 2.87. The molecule has 0 spiro atoms. The van der Waals surface area contributed by atoms with Crippen LogP contribution in [-0.2, 0) is 4.74 Å². The molecule has 0 saturated heterocycles. The van der Waals surface area contributed by atoms with Crippen molar-refractivity contribution >= 4 is 0 Å². The van der Waals surface area contributed by atoms with E-state index in [0.29, 0.717) is 22.8 Å². The number of phenolic OH excluding ortho intramolecular Hbond substituents is 1. The number of phenols is 1. The molecule has 0 heterocycles. The van der Waals surface area contributed by atoms with E-state index in [2.05, 4.69) is 0 Å². The summed E-state index contributed by atoms with van der Waals surface area (Å²) in [4.78, 5) is 0. The number of hydrogen-bond donors (Lipinski definition) is 1. The van der Waals surface area contributed by atoms with Crippen LogP contribution in [-0.4, -0.2) is 33.5 Å². The van der Waals surface area contributed by atoms with Crippen molar-refractivity contribution in [3.05, 3.63) is 11.6 Å². The maximum atomic E-state index is 10.2. The van der Waals surface area contributed by atoms with Crippen molar-refractivity contribution in [1.29, 1.82) is 0 Å². The van der Waals surface area contributed by atoms with Gasteiger partial charge in [0.2, 0.25) is 5.75 Å². The van der Waals surface area contributed by atoms with Crippen LogP contribution < -0.4 is 14.2 Å². The Hall–Kier alpha value is -1.62. The number of ether oxygens (including phenoxy) is 4. The van der Waals surface area contributed by atoms with Crippen molar-refractivity contribution in [2.24, 2.45) is 5.92 Å². The van der Waals surface area contributed by atoms with Crippen molar-refractivity contribution in [1.82, 2.24) is 0 Å². The van der Waals surface area contributed by atoms with Crippen molar-refractivity contribution in [2.45, 2.75) is 20.0 Å². The first-order valence-corrected chi connectivity index (χ1v) is 6.06. The zero-order valence-corrected chi connectivity index (χ0v) is 12.3. The summed E-state index contributed by atoms with van der Waals surface area (Å²) in [6.45, 7) is 4.01. The molecule has 0 aromatic heterocycles. The third-order valence-electron chi connectivity index (χ3n) is 2.99. The molecular weight excluding hydrogens is 248 g/mol. The lowest BCUT2D eigenvalue weighted by atomic mass is 9.96. The van der Waals surface area contributed by atoms with Crippen molar-refractivity contribution in [3.8, 4) is 23.0 Å². The van der Waals surface area contributed by atoms with Crippen LogP contribution in [0.1, 0.15) is 25.5 Å². The molecule has 0 amide bonds. The van der Waals surface area contributed by atoms with Gasteiger partial charge in [-0.2, -0.15) is 0 Å². The predicted molar refractivity (Wildman–Crippen MR) is 72.4 cm³/mol. The molecule has 1 unspecified atom stereocenters. The van der Waals surface area contributed by atoms with Crippen LogP contribution in [0, 0.1) is 5.92 Å². The Kier molecular flexibility index (Phi) is 5.30. The Morgan fingerprint density at radius 3 is 1.89 bits per heavy atom. The van der Waals surface area contributed by atoms with E-state index in [1.807, 2.05) is 13.8 Å². The normalized spacial score (nSPS) is 12.4. The van der Waals surface area contributed by atoms with Gasteiger partial charge in [-0.3, -0.25) is 0 Å². The van der Waals surface area contributed by atoms with E-state index in [1.165, 1.54) is 27.4 Å². The van der Waals surface area contributed by atoms with Gasteiger partial charge in [0.25, 0.3) is 0 Å². The molecule has 108 valence electrons. The molecule has 1 aromatic rings. The van der Waals surface area contributed by atoms with Gasteiger partial charge in [-0.15, -0.1) is 0 Å². The topological polar surface area (TPSA) is 57.2 Å². The van der Waals surface area contributed by atoms with Gasteiger partial charge in [-0.25, -0.2) is 0 Å². The summed E-state index contributed by atoms with van der Waals surface area (Å²) in [5, 5.41) is 10.2. The van der Waals surface area contributed by atoms with Crippen LogP contribution in [0.25, 0.3) is 0 Å². The summed E-state index contributed by atoms with van der Waals surface area (Å²) < 4.78 is 21.3.